The second kappa shape index (κ2) is 5.79. The number of aliphatic carboxylic acids is 1. The molecule has 0 radical (unpaired) electrons. The highest BCUT2D eigenvalue weighted by Crippen LogP contribution is 2.21. The van der Waals surface area contributed by atoms with E-state index in [-0.39, 0.29) is 5.91 Å². The minimum absolute atomic E-state index is 0.180. The molecule has 0 aromatic carbocycles. The molecule has 19 heavy (non-hydrogen) atoms. The number of pyridine rings is 1. The smallest absolute Gasteiger partial charge is 0.332 e. The molecule has 102 valence electrons. The second-order valence-electron chi connectivity index (χ2n) is 4.58. The molecule has 1 aliphatic heterocycles. The first kappa shape index (κ1) is 13.5. The van der Waals surface area contributed by atoms with Crippen molar-refractivity contribution >= 4 is 11.9 Å². The van der Waals surface area contributed by atoms with Crippen molar-refractivity contribution in [2.75, 3.05) is 7.05 Å². The summed E-state index contributed by atoms with van der Waals surface area (Å²) in [6, 6.07) is 3.67. The Morgan fingerprint density at radius 1 is 1.37 bits per heavy atom. The molecule has 1 N–H and O–H groups in total. The zero-order valence-electron chi connectivity index (χ0n) is 10.7. The van der Waals surface area contributed by atoms with Gasteiger partial charge in [0.25, 0.3) is 5.91 Å². The SMILES string of the molecule is CN(Cc1ccncc1)C(=O)C1CCC(C(=O)O)O1. The van der Waals surface area contributed by atoms with Crippen molar-refractivity contribution < 1.29 is 19.4 Å². The third-order valence-corrected chi connectivity index (χ3v) is 3.12. The van der Waals surface area contributed by atoms with Crippen LogP contribution in [0.5, 0.6) is 0 Å². The maximum atomic E-state index is 12.1. The summed E-state index contributed by atoms with van der Waals surface area (Å²) in [7, 11) is 1.68. The molecule has 0 aliphatic carbocycles. The van der Waals surface area contributed by atoms with Gasteiger partial charge in [0.1, 0.15) is 6.10 Å². The third-order valence-electron chi connectivity index (χ3n) is 3.12. The Balaban J connectivity index is 1.91. The monoisotopic (exact) mass is 264 g/mol. The standard InChI is InChI=1S/C13H16N2O4/c1-15(8-9-4-6-14-7-5-9)12(16)10-2-3-11(19-10)13(17)18/h4-7,10-11H,2-3,8H2,1H3,(H,17,18). The van der Waals surface area contributed by atoms with E-state index in [1.54, 1.807) is 24.3 Å². The molecule has 2 heterocycles. The summed E-state index contributed by atoms with van der Waals surface area (Å²) in [5.74, 6) is -1.19. The van der Waals surface area contributed by atoms with Crippen LogP contribution in [0.3, 0.4) is 0 Å². The highest BCUT2D eigenvalue weighted by molar-refractivity contribution is 5.82. The van der Waals surface area contributed by atoms with Crippen LogP contribution in [0.2, 0.25) is 0 Å². The summed E-state index contributed by atoms with van der Waals surface area (Å²) in [5, 5.41) is 8.83. The van der Waals surface area contributed by atoms with Crippen LogP contribution in [0.1, 0.15) is 18.4 Å². The number of hydrogen-bond acceptors (Lipinski definition) is 4. The van der Waals surface area contributed by atoms with Gasteiger partial charge in [0.2, 0.25) is 0 Å². The number of amides is 1. The molecule has 1 aromatic rings. The van der Waals surface area contributed by atoms with E-state index in [1.807, 2.05) is 12.1 Å². The molecular weight excluding hydrogens is 248 g/mol. The number of carboxylic acids is 1. The van der Waals surface area contributed by atoms with E-state index >= 15 is 0 Å². The fourth-order valence-electron chi connectivity index (χ4n) is 2.09. The van der Waals surface area contributed by atoms with E-state index in [9.17, 15) is 9.59 Å². The first-order valence-electron chi connectivity index (χ1n) is 6.10. The summed E-state index contributed by atoms with van der Waals surface area (Å²) in [6.07, 6.45) is 2.67. The van der Waals surface area contributed by atoms with E-state index in [1.165, 1.54) is 0 Å². The summed E-state index contributed by atoms with van der Waals surface area (Å²) in [5.41, 5.74) is 0.971. The fraction of sp³-hybridized carbons (Fsp3) is 0.462. The predicted molar refractivity (Wildman–Crippen MR) is 66.2 cm³/mol. The number of hydrogen-bond donors (Lipinski definition) is 1. The Morgan fingerprint density at radius 2 is 2.00 bits per heavy atom. The number of carbonyl (C=O) groups excluding carboxylic acids is 1. The van der Waals surface area contributed by atoms with E-state index in [0.717, 1.165) is 5.56 Å². The largest absolute Gasteiger partial charge is 0.479 e. The maximum Gasteiger partial charge on any atom is 0.332 e. The van der Waals surface area contributed by atoms with Crippen LogP contribution < -0.4 is 0 Å². The van der Waals surface area contributed by atoms with Gasteiger partial charge in [-0.15, -0.1) is 0 Å². The Hall–Kier alpha value is -1.95. The summed E-state index contributed by atoms with van der Waals surface area (Å²) in [4.78, 5) is 28.3. The lowest BCUT2D eigenvalue weighted by atomic mass is 10.1. The molecule has 1 saturated heterocycles. The molecule has 0 spiro atoms. The van der Waals surface area contributed by atoms with Gasteiger partial charge in [0, 0.05) is 26.0 Å². The van der Waals surface area contributed by atoms with Crippen molar-refractivity contribution in [3.05, 3.63) is 30.1 Å². The van der Waals surface area contributed by atoms with E-state index in [0.29, 0.717) is 19.4 Å². The van der Waals surface area contributed by atoms with E-state index in [2.05, 4.69) is 4.98 Å². The lowest BCUT2D eigenvalue weighted by Gasteiger charge is -2.21. The van der Waals surface area contributed by atoms with E-state index < -0.39 is 18.2 Å². The van der Waals surface area contributed by atoms with Crippen molar-refractivity contribution in [2.24, 2.45) is 0 Å². The molecule has 0 saturated carbocycles. The molecule has 2 rings (SSSR count). The van der Waals surface area contributed by atoms with Gasteiger partial charge in [-0.1, -0.05) is 0 Å². The highest BCUT2D eigenvalue weighted by Gasteiger charge is 2.35. The van der Waals surface area contributed by atoms with Crippen LogP contribution >= 0.6 is 0 Å². The first-order valence-corrected chi connectivity index (χ1v) is 6.10. The maximum absolute atomic E-state index is 12.1. The first-order chi connectivity index (χ1) is 9.08. The Kier molecular flexibility index (Phi) is 4.11. The van der Waals surface area contributed by atoms with Crippen molar-refractivity contribution in [1.82, 2.24) is 9.88 Å². The van der Waals surface area contributed by atoms with Gasteiger partial charge in [-0.2, -0.15) is 0 Å². The zero-order valence-corrected chi connectivity index (χ0v) is 10.7. The molecular formula is C13H16N2O4. The number of aromatic nitrogens is 1. The van der Waals surface area contributed by atoms with E-state index in [4.69, 9.17) is 9.84 Å². The minimum atomic E-state index is -1.01. The molecule has 0 bridgehead atoms. The zero-order chi connectivity index (χ0) is 13.8. The van der Waals surface area contributed by atoms with Crippen LogP contribution in [0.25, 0.3) is 0 Å². The number of rotatable bonds is 4. The lowest BCUT2D eigenvalue weighted by Crippen LogP contribution is -2.36. The molecule has 2 unspecified atom stereocenters. The average Bonchev–Trinajstić information content (AvgIpc) is 2.88. The lowest BCUT2D eigenvalue weighted by molar-refractivity contribution is -0.154. The average molecular weight is 264 g/mol. The number of carboxylic acid groups (broad SMARTS) is 1. The van der Waals surface area contributed by atoms with Gasteiger partial charge in [-0.05, 0) is 30.5 Å². The van der Waals surface area contributed by atoms with Gasteiger partial charge in [0.15, 0.2) is 6.10 Å². The molecule has 1 aliphatic rings. The van der Waals surface area contributed by atoms with Crippen LogP contribution in [0.4, 0.5) is 0 Å². The topological polar surface area (TPSA) is 79.7 Å². The van der Waals surface area contributed by atoms with Crippen LogP contribution in [-0.2, 0) is 20.9 Å². The molecule has 6 nitrogen and oxygen atoms in total. The van der Waals surface area contributed by atoms with Crippen LogP contribution in [-0.4, -0.2) is 46.1 Å². The molecule has 1 amide bonds. The normalized spacial score (nSPS) is 22.2. The summed E-state index contributed by atoms with van der Waals surface area (Å²) >= 11 is 0. The van der Waals surface area contributed by atoms with Crippen LogP contribution in [0.15, 0.2) is 24.5 Å². The number of ether oxygens (including phenoxy) is 1. The molecule has 1 fully saturated rings. The van der Waals surface area contributed by atoms with Crippen molar-refractivity contribution in [2.45, 2.75) is 31.6 Å². The van der Waals surface area contributed by atoms with Crippen molar-refractivity contribution in [1.29, 1.82) is 0 Å². The highest BCUT2D eigenvalue weighted by atomic mass is 16.5. The van der Waals surface area contributed by atoms with Gasteiger partial charge in [0.05, 0.1) is 0 Å². The van der Waals surface area contributed by atoms with Crippen LogP contribution in [0, 0.1) is 0 Å². The van der Waals surface area contributed by atoms with Crippen molar-refractivity contribution in [3.8, 4) is 0 Å². The second-order valence-corrected chi connectivity index (χ2v) is 4.58. The van der Waals surface area contributed by atoms with Gasteiger partial charge in [-0.25, -0.2) is 4.79 Å². The molecule has 1 aromatic heterocycles. The van der Waals surface area contributed by atoms with Crippen molar-refractivity contribution in [3.63, 3.8) is 0 Å². The fourth-order valence-corrected chi connectivity index (χ4v) is 2.09. The quantitative estimate of drug-likeness (QED) is 0.864. The van der Waals surface area contributed by atoms with Gasteiger partial charge >= 0.3 is 5.97 Å². The molecule has 6 heteroatoms. The molecule has 2 atom stereocenters. The van der Waals surface area contributed by atoms with Gasteiger partial charge < -0.3 is 14.7 Å². The summed E-state index contributed by atoms with van der Waals surface area (Å²) < 4.78 is 5.24. The third kappa shape index (κ3) is 3.29. The summed E-state index contributed by atoms with van der Waals surface area (Å²) in [6.45, 7) is 0.457. The Labute approximate surface area is 111 Å². The minimum Gasteiger partial charge on any atom is -0.479 e. The predicted octanol–water partition coefficient (Wildman–Crippen LogP) is 0.672. The Bertz CT molecular complexity index is 463. The Morgan fingerprint density at radius 3 is 2.58 bits per heavy atom. The number of likely N-dealkylation sites (N-methyl/N-ethyl adjacent to an activating group) is 1. The number of nitrogens with zero attached hydrogens (tertiary/aromatic N) is 2. The number of carbonyl (C=O) groups is 2. The van der Waals surface area contributed by atoms with Gasteiger partial charge in [-0.3, -0.25) is 9.78 Å².